The van der Waals surface area contributed by atoms with Crippen molar-refractivity contribution in [2.45, 2.75) is 0 Å². The smallest absolute Gasteiger partial charge is 0.344 e. The van der Waals surface area contributed by atoms with Gasteiger partial charge in [0.1, 0.15) is 0 Å². The quantitative estimate of drug-likeness (QED) is 0.595. The van der Waals surface area contributed by atoms with Crippen molar-refractivity contribution in [1.29, 1.82) is 0 Å². The lowest BCUT2D eigenvalue weighted by molar-refractivity contribution is 1.08. The van der Waals surface area contributed by atoms with E-state index in [-0.39, 0.29) is 5.69 Å². The average molecular weight is 288 g/mol. The third kappa shape index (κ3) is 2.18. The number of hydrogen-bond acceptors (Lipinski definition) is 3. The molecular weight excluding hydrogens is 276 g/mol. The highest BCUT2D eigenvalue weighted by atomic mass is 16.1. The minimum absolute atomic E-state index is 0.342. The molecule has 1 aromatic carbocycles. The molecule has 106 valence electrons. The SMILES string of the molecule is O=c1ncc(-c2ccc3[nH]c(-c4cccnc4)cc3c2)c[nH]1. The minimum atomic E-state index is -0.342. The molecule has 22 heavy (non-hydrogen) atoms. The Morgan fingerprint density at radius 1 is 0.955 bits per heavy atom. The molecular formula is C17H12N4O. The van der Waals surface area contributed by atoms with Crippen LogP contribution in [0.2, 0.25) is 0 Å². The molecule has 0 fully saturated rings. The van der Waals surface area contributed by atoms with Gasteiger partial charge in [-0.05, 0) is 35.9 Å². The number of rotatable bonds is 2. The summed E-state index contributed by atoms with van der Waals surface area (Å²) in [5.41, 5.74) is 4.68. The van der Waals surface area contributed by atoms with Crippen LogP contribution in [0, 0.1) is 0 Å². The van der Waals surface area contributed by atoms with E-state index in [0.29, 0.717) is 0 Å². The Bertz CT molecular complexity index is 982. The molecule has 0 aliphatic heterocycles. The van der Waals surface area contributed by atoms with Crippen molar-refractivity contribution in [2.75, 3.05) is 0 Å². The number of nitrogens with zero attached hydrogens (tertiary/aromatic N) is 2. The largest absolute Gasteiger partial charge is 0.354 e. The number of H-pyrrole nitrogens is 2. The summed E-state index contributed by atoms with van der Waals surface area (Å²) in [5, 5.41) is 1.10. The van der Waals surface area contributed by atoms with Crippen molar-refractivity contribution < 1.29 is 0 Å². The van der Waals surface area contributed by atoms with E-state index in [1.165, 1.54) is 0 Å². The summed E-state index contributed by atoms with van der Waals surface area (Å²) in [7, 11) is 0. The van der Waals surface area contributed by atoms with Crippen LogP contribution in [0.15, 0.2) is 66.0 Å². The van der Waals surface area contributed by atoms with Gasteiger partial charge in [0, 0.05) is 52.5 Å². The molecule has 3 aromatic heterocycles. The summed E-state index contributed by atoms with van der Waals surface area (Å²) in [5.74, 6) is 0. The van der Waals surface area contributed by atoms with Crippen molar-refractivity contribution in [3.63, 3.8) is 0 Å². The van der Waals surface area contributed by atoms with Gasteiger partial charge in [0.15, 0.2) is 0 Å². The van der Waals surface area contributed by atoms with Crippen molar-refractivity contribution in [2.24, 2.45) is 0 Å². The Balaban J connectivity index is 1.81. The fourth-order valence-corrected chi connectivity index (χ4v) is 2.49. The van der Waals surface area contributed by atoms with E-state index in [0.717, 1.165) is 33.3 Å². The molecule has 5 heteroatoms. The van der Waals surface area contributed by atoms with E-state index in [9.17, 15) is 4.79 Å². The number of fused-ring (bicyclic) bond motifs is 1. The van der Waals surface area contributed by atoms with E-state index < -0.39 is 0 Å². The second-order valence-corrected chi connectivity index (χ2v) is 5.03. The number of pyridine rings is 1. The Morgan fingerprint density at radius 3 is 2.68 bits per heavy atom. The predicted molar refractivity (Wildman–Crippen MR) is 85.4 cm³/mol. The molecule has 2 N–H and O–H groups in total. The van der Waals surface area contributed by atoms with Crippen LogP contribution in [0.5, 0.6) is 0 Å². The zero-order valence-electron chi connectivity index (χ0n) is 11.6. The van der Waals surface area contributed by atoms with Gasteiger partial charge in [-0.2, -0.15) is 0 Å². The molecule has 4 aromatic rings. The third-order valence-electron chi connectivity index (χ3n) is 3.60. The summed E-state index contributed by atoms with van der Waals surface area (Å²) in [6, 6.07) is 12.1. The van der Waals surface area contributed by atoms with Gasteiger partial charge in [-0.1, -0.05) is 6.07 Å². The molecule has 0 saturated carbocycles. The summed E-state index contributed by atoms with van der Waals surface area (Å²) in [4.78, 5) is 24.9. The Labute approximate surface area is 125 Å². The first-order valence-corrected chi connectivity index (χ1v) is 6.88. The van der Waals surface area contributed by atoms with E-state index in [4.69, 9.17) is 0 Å². The van der Waals surface area contributed by atoms with Gasteiger partial charge in [0.2, 0.25) is 0 Å². The molecule has 0 atom stereocenters. The molecule has 0 unspecified atom stereocenters. The zero-order chi connectivity index (χ0) is 14.9. The van der Waals surface area contributed by atoms with Gasteiger partial charge in [0.05, 0.1) is 0 Å². The normalized spacial score (nSPS) is 10.9. The van der Waals surface area contributed by atoms with Gasteiger partial charge in [0.25, 0.3) is 0 Å². The van der Waals surface area contributed by atoms with Gasteiger partial charge < -0.3 is 9.97 Å². The van der Waals surface area contributed by atoms with E-state index in [1.54, 1.807) is 18.6 Å². The number of hydrogen-bond donors (Lipinski definition) is 2. The lowest BCUT2D eigenvalue weighted by Gasteiger charge is -2.00. The standard InChI is InChI=1S/C17H12N4O/c22-17-19-9-14(10-20-17)11-3-4-15-13(6-11)7-16(21-15)12-2-1-5-18-8-12/h1-10,21H,(H,19,20,22). The highest BCUT2D eigenvalue weighted by molar-refractivity contribution is 5.89. The van der Waals surface area contributed by atoms with E-state index >= 15 is 0 Å². The number of aromatic amines is 2. The first kappa shape index (κ1) is 12.5. The maximum atomic E-state index is 11.0. The van der Waals surface area contributed by atoms with Crippen molar-refractivity contribution >= 4 is 10.9 Å². The van der Waals surface area contributed by atoms with Gasteiger partial charge in [-0.25, -0.2) is 9.78 Å². The van der Waals surface area contributed by atoms with Crippen molar-refractivity contribution in [3.8, 4) is 22.4 Å². The number of benzene rings is 1. The van der Waals surface area contributed by atoms with Gasteiger partial charge in [-0.15, -0.1) is 0 Å². The topological polar surface area (TPSA) is 74.4 Å². The first-order chi connectivity index (χ1) is 10.8. The summed E-state index contributed by atoms with van der Waals surface area (Å²) < 4.78 is 0. The van der Waals surface area contributed by atoms with Crippen LogP contribution in [0.1, 0.15) is 0 Å². The lowest BCUT2D eigenvalue weighted by Crippen LogP contribution is -2.07. The van der Waals surface area contributed by atoms with Crippen LogP contribution < -0.4 is 5.69 Å². The third-order valence-corrected chi connectivity index (χ3v) is 3.60. The number of nitrogens with one attached hydrogen (secondary N) is 2. The van der Waals surface area contributed by atoms with Crippen LogP contribution >= 0.6 is 0 Å². The summed E-state index contributed by atoms with van der Waals surface area (Å²) in [6.45, 7) is 0. The highest BCUT2D eigenvalue weighted by Gasteiger charge is 2.05. The zero-order valence-corrected chi connectivity index (χ0v) is 11.6. The monoisotopic (exact) mass is 288 g/mol. The second-order valence-electron chi connectivity index (χ2n) is 5.03. The lowest BCUT2D eigenvalue weighted by atomic mass is 10.1. The second kappa shape index (κ2) is 4.96. The summed E-state index contributed by atoms with van der Waals surface area (Å²) in [6.07, 6.45) is 6.84. The molecule has 5 nitrogen and oxygen atoms in total. The minimum Gasteiger partial charge on any atom is -0.354 e. The summed E-state index contributed by atoms with van der Waals surface area (Å²) >= 11 is 0. The molecule has 0 radical (unpaired) electrons. The number of aromatic nitrogens is 4. The molecule has 0 aliphatic rings. The van der Waals surface area contributed by atoms with E-state index in [2.05, 4.69) is 32.1 Å². The Kier molecular flexibility index (Phi) is 2.83. The molecule has 0 amide bonds. The predicted octanol–water partition coefficient (Wildman–Crippen LogP) is 2.98. The Morgan fingerprint density at radius 2 is 1.91 bits per heavy atom. The van der Waals surface area contributed by atoms with Crippen LogP contribution in [0.4, 0.5) is 0 Å². The Hall–Kier alpha value is -3.21. The maximum absolute atomic E-state index is 11.0. The van der Waals surface area contributed by atoms with E-state index in [1.807, 2.05) is 30.5 Å². The fourth-order valence-electron chi connectivity index (χ4n) is 2.49. The molecule has 3 heterocycles. The van der Waals surface area contributed by atoms with Crippen LogP contribution in [0.25, 0.3) is 33.3 Å². The van der Waals surface area contributed by atoms with Crippen LogP contribution in [-0.2, 0) is 0 Å². The molecule has 0 aliphatic carbocycles. The molecule has 4 rings (SSSR count). The fraction of sp³-hybridized carbons (Fsp3) is 0. The highest BCUT2D eigenvalue weighted by Crippen LogP contribution is 2.27. The first-order valence-electron chi connectivity index (χ1n) is 6.88. The van der Waals surface area contributed by atoms with Crippen LogP contribution in [0.3, 0.4) is 0 Å². The molecule has 0 spiro atoms. The van der Waals surface area contributed by atoms with Crippen molar-refractivity contribution in [1.82, 2.24) is 19.9 Å². The molecule has 0 saturated heterocycles. The average Bonchev–Trinajstić information content (AvgIpc) is 2.99. The van der Waals surface area contributed by atoms with Crippen LogP contribution in [-0.4, -0.2) is 19.9 Å². The van der Waals surface area contributed by atoms with Crippen molar-refractivity contribution in [3.05, 3.63) is 71.7 Å². The molecule has 0 bridgehead atoms. The van der Waals surface area contributed by atoms with Gasteiger partial charge in [-0.3, -0.25) is 4.98 Å². The maximum Gasteiger partial charge on any atom is 0.344 e. The van der Waals surface area contributed by atoms with Gasteiger partial charge >= 0.3 is 5.69 Å².